The van der Waals surface area contributed by atoms with Crippen LogP contribution in [0.25, 0.3) is 16.9 Å². The Balaban J connectivity index is 0.00000867. The number of allylic oxidation sites excluding steroid dienone is 2. The van der Waals surface area contributed by atoms with E-state index in [-0.39, 0.29) is 16.5 Å². The standard InChI is InChI=1S/C47H70N2.Ni/c1-4-7-10-11-12-13-14-15-16-17-18-19-20-21-22-23-24-25-26-28-32-42-33-29-30-35-45(42)47-44(34-27-8-5-2)40-46(49(47)48)43-38-36-41(37-39-43)31-9-6-3;/h29-30,33,35-40H,4-24,27-28,31-32,34H2,1-3H3;. The van der Waals surface area contributed by atoms with Gasteiger partial charge in [0.1, 0.15) is 0 Å². The molecule has 0 saturated carbocycles. The number of unbranched alkanes of at least 4 members (excludes halogenated alkanes) is 19. The number of aryl methyl sites for hydroxylation is 2. The summed E-state index contributed by atoms with van der Waals surface area (Å²) < 4.78 is 1.46. The van der Waals surface area contributed by atoms with Crippen LogP contribution in [-0.4, -0.2) is 4.70 Å². The smallest absolute Gasteiger partial charge is 0.211 e. The van der Waals surface area contributed by atoms with E-state index in [9.17, 15) is 5.53 Å². The van der Waals surface area contributed by atoms with Gasteiger partial charge in [0.25, 0.3) is 0 Å². The predicted octanol–water partition coefficient (Wildman–Crippen LogP) is 15.0. The van der Waals surface area contributed by atoms with E-state index in [0.717, 1.165) is 61.0 Å². The third-order valence-corrected chi connectivity index (χ3v) is 10.2. The molecule has 2 aromatic rings. The molecule has 1 aliphatic rings. The van der Waals surface area contributed by atoms with E-state index in [1.54, 1.807) is 0 Å². The summed E-state index contributed by atoms with van der Waals surface area (Å²) in [5, 5.41) is 0. The molecular weight excluding hydrogens is 651 g/mol. The molecule has 0 aromatic heterocycles. The maximum Gasteiger partial charge on any atom is 0.211 e. The van der Waals surface area contributed by atoms with E-state index in [1.807, 2.05) is 0 Å². The van der Waals surface area contributed by atoms with Gasteiger partial charge in [-0.1, -0.05) is 167 Å². The zero-order valence-electron chi connectivity index (χ0n) is 32.3. The summed E-state index contributed by atoms with van der Waals surface area (Å²) in [4.78, 5) is 0. The van der Waals surface area contributed by atoms with Crippen molar-refractivity contribution in [3.8, 4) is 11.8 Å². The van der Waals surface area contributed by atoms with Crippen molar-refractivity contribution in [2.75, 3.05) is 0 Å². The molecule has 0 aliphatic carbocycles. The van der Waals surface area contributed by atoms with Crippen LogP contribution in [0, 0.1) is 11.8 Å². The Bertz CT molecular complexity index is 1320. The van der Waals surface area contributed by atoms with Crippen LogP contribution >= 0.6 is 0 Å². The Morgan fingerprint density at radius 2 is 1.04 bits per heavy atom. The maximum absolute atomic E-state index is 11.6. The van der Waals surface area contributed by atoms with Crippen molar-refractivity contribution in [1.29, 1.82) is 0 Å². The molecule has 2 aromatic carbocycles. The normalized spacial score (nSPS) is 12.5. The molecule has 3 rings (SSSR count). The van der Waals surface area contributed by atoms with Gasteiger partial charge in [0, 0.05) is 52.1 Å². The van der Waals surface area contributed by atoms with E-state index in [2.05, 4.69) is 87.2 Å². The number of hydrogen-bond acceptors (Lipinski definition) is 0. The SMILES string of the molecule is CCCCCCCCCCCCCCCCCCC#CCCc1ccccc1C1=C(CCCCC)C=C(c2ccc(CCCC)cc2)[N+]1=[N-].[Ni]. The van der Waals surface area contributed by atoms with Crippen LogP contribution in [-0.2, 0) is 29.3 Å². The van der Waals surface area contributed by atoms with Gasteiger partial charge in [-0.05, 0) is 67.9 Å². The summed E-state index contributed by atoms with van der Waals surface area (Å²) in [5.41, 5.74) is 19.6. The molecule has 0 saturated heterocycles. The Morgan fingerprint density at radius 1 is 0.520 bits per heavy atom. The molecule has 3 heteroatoms. The fraction of sp³-hybridized carbons (Fsp3) is 0.617. The molecule has 50 heavy (non-hydrogen) atoms. The van der Waals surface area contributed by atoms with Gasteiger partial charge in [-0.25, -0.2) is 4.70 Å². The van der Waals surface area contributed by atoms with Gasteiger partial charge in [-0.3, -0.25) is 0 Å². The number of benzene rings is 2. The van der Waals surface area contributed by atoms with E-state index in [1.165, 1.54) is 150 Å². The van der Waals surface area contributed by atoms with Crippen molar-refractivity contribution in [1.82, 2.24) is 0 Å². The second kappa shape index (κ2) is 28.2. The third-order valence-electron chi connectivity index (χ3n) is 10.2. The largest absolute Gasteiger partial charge is 0.493 e. The number of rotatable bonds is 27. The fourth-order valence-electron chi connectivity index (χ4n) is 7.13. The number of nitrogens with zero attached hydrogens (tertiary/aromatic N) is 2. The van der Waals surface area contributed by atoms with Crippen molar-refractivity contribution in [2.45, 2.75) is 188 Å². The molecule has 0 radical (unpaired) electrons. The van der Waals surface area contributed by atoms with Gasteiger partial charge in [0.05, 0.1) is 0 Å². The molecule has 0 spiro atoms. The first kappa shape index (κ1) is 43.7. The van der Waals surface area contributed by atoms with Crippen molar-refractivity contribution in [3.63, 3.8) is 0 Å². The quantitative estimate of drug-likeness (QED) is 0.0380. The first-order chi connectivity index (χ1) is 24.2. The molecule has 1 heterocycles. The van der Waals surface area contributed by atoms with E-state index < -0.39 is 0 Å². The molecule has 2 nitrogen and oxygen atoms in total. The monoisotopic (exact) mass is 720 g/mol. The summed E-state index contributed by atoms with van der Waals surface area (Å²) in [7, 11) is 0. The first-order valence-electron chi connectivity index (χ1n) is 20.8. The van der Waals surface area contributed by atoms with Crippen molar-refractivity contribution in [3.05, 3.63) is 88.0 Å². The molecule has 0 unspecified atom stereocenters. The van der Waals surface area contributed by atoms with Crippen LogP contribution in [0.1, 0.15) is 197 Å². The minimum atomic E-state index is 0. The summed E-state index contributed by atoms with van der Waals surface area (Å²) in [6.07, 6.45) is 35.5. The Morgan fingerprint density at radius 3 is 1.64 bits per heavy atom. The van der Waals surface area contributed by atoms with Crippen LogP contribution in [0.2, 0.25) is 0 Å². The zero-order valence-corrected chi connectivity index (χ0v) is 33.3. The van der Waals surface area contributed by atoms with E-state index in [4.69, 9.17) is 0 Å². The molecule has 0 N–H and O–H groups in total. The van der Waals surface area contributed by atoms with Gasteiger partial charge in [-0.2, -0.15) is 0 Å². The summed E-state index contributed by atoms with van der Waals surface area (Å²) in [5.74, 6) is 6.93. The fourth-order valence-corrected chi connectivity index (χ4v) is 7.13. The summed E-state index contributed by atoms with van der Waals surface area (Å²) in [6, 6.07) is 17.4. The van der Waals surface area contributed by atoms with Crippen LogP contribution in [0.4, 0.5) is 0 Å². The van der Waals surface area contributed by atoms with Gasteiger partial charge >= 0.3 is 0 Å². The average Bonchev–Trinajstić information content (AvgIpc) is 3.45. The third kappa shape index (κ3) is 16.7. The van der Waals surface area contributed by atoms with Gasteiger partial charge in [0.2, 0.25) is 11.4 Å². The molecule has 0 atom stereocenters. The molecule has 0 fully saturated rings. The second-order valence-corrected chi connectivity index (χ2v) is 14.5. The first-order valence-corrected chi connectivity index (χ1v) is 20.8. The van der Waals surface area contributed by atoms with E-state index >= 15 is 0 Å². The maximum atomic E-state index is 11.6. The van der Waals surface area contributed by atoms with E-state index in [0.29, 0.717) is 0 Å². The molecular formula is C47H70N2Ni. The van der Waals surface area contributed by atoms with Crippen LogP contribution in [0.5, 0.6) is 0 Å². The zero-order chi connectivity index (χ0) is 34.8. The number of hydrogen-bond donors (Lipinski definition) is 0. The molecule has 0 bridgehead atoms. The average molecular weight is 722 g/mol. The topological polar surface area (TPSA) is 25.3 Å². The molecule has 0 amide bonds. The van der Waals surface area contributed by atoms with Crippen LogP contribution < -0.4 is 0 Å². The summed E-state index contributed by atoms with van der Waals surface area (Å²) >= 11 is 0. The van der Waals surface area contributed by atoms with Crippen LogP contribution in [0.15, 0.2) is 60.2 Å². The van der Waals surface area contributed by atoms with Crippen molar-refractivity contribution in [2.24, 2.45) is 0 Å². The predicted molar refractivity (Wildman–Crippen MR) is 214 cm³/mol. The van der Waals surface area contributed by atoms with Crippen LogP contribution in [0.3, 0.4) is 0 Å². The van der Waals surface area contributed by atoms with Crippen molar-refractivity contribution < 1.29 is 21.2 Å². The minimum Gasteiger partial charge on any atom is -0.493 e. The Kier molecular flexibility index (Phi) is 24.7. The Labute approximate surface area is 318 Å². The Hall–Kier alpha value is -2.43. The van der Waals surface area contributed by atoms with Gasteiger partial charge in [0.15, 0.2) is 0 Å². The molecule has 1 aliphatic heterocycles. The second-order valence-electron chi connectivity index (χ2n) is 14.5. The minimum absolute atomic E-state index is 0. The molecule has 278 valence electrons. The van der Waals surface area contributed by atoms with Gasteiger partial charge < -0.3 is 5.53 Å². The van der Waals surface area contributed by atoms with Gasteiger partial charge in [-0.15, -0.1) is 11.8 Å². The summed E-state index contributed by atoms with van der Waals surface area (Å²) in [6.45, 7) is 6.78. The van der Waals surface area contributed by atoms with Crippen molar-refractivity contribution >= 4 is 11.4 Å².